The van der Waals surface area contributed by atoms with Gasteiger partial charge in [-0.1, -0.05) is 12.1 Å². The topological polar surface area (TPSA) is 40.2 Å². The second-order valence-electron chi connectivity index (χ2n) is 3.67. The van der Waals surface area contributed by atoms with Gasteiger partial charge >= 0.3 is 0 Å². The summed E-state index contributed by atoms with van der Waals surface area (Å²) in [6, 6.07) is 9.96. The zero-order valence-corrected chi connectivity index (χ0v) is 9.60. The number of methoxy groups -OCH3 is 1. The van der Waals surface area contributed by atoms with Crippen molar-refractivity contribution in [1.82, 2.24) is 4.57 Å². The van der Waals surface area contributed by atoms with Gasteiger partial charge < -0.3 is 15.0 Å². The standard InChI is InChI=1S/C13H16N2O/c1-3-15-9-11(8-13(15)14)10-5-4-6-12(7-10)16-2/h4-9H,3,14H2,1-2H3. The summed E-state index contributed by atoms with van der Waals surface area (Å²) in [5.41, 5.74) is 8.14. The molecule has 0 amide bonds. The fraction of sp³-hybridized carbons (Fsp3) is 0.231. The SMILES string of the molecule is CCn1cc(-c2cccc(OC)c2)cc1N. The summed E-state index contributed by atoms with van der Waals surface area (Å²) >= 11 is 0. The van der Waals surface area contributed by atoms with Gasteiger partial charge in [-0.15, -0.1) is 0 Å². The van der Waals surface area contributed by atoms with Crippen LogP contribution in [0.1, 0.15) is 6.92 Å². The number of benzene rings is 1. The molecule has 1 aromatic heterocycles. The first-order valence-corrected chi connectivity index (χ1v) is 5.34. The zero-order valence-electron chi connectivity index (χ0n) is 9.60. The zero-order chi connectivity index (χ0) is 11.5. The number of hydrogen-bond acceptors (Lipinski definition) is 2. The van der Waals surface area contributed by atoms with Crippen LogP contribution in [0, 0.1) is 0 Å². The summed E-state index contributed by atoms with van der Waals surface area (Å²) in [4.78, 5) is 0. The molecule has 3 heteroatoms. The minimum atomic E-state index is 0.792. The van der Waals surface area contributed by atoms with E-state index in [2.05, 4.69) is 19.2 Å². The van der Waals surface area contributed by atoms with Crippen molar-refractivity contribution in [3.8, 4) is 16.9 Å². The predicted molar refractivity (Wildman–Crippen MR) is 66.5 cm³/mol. The fourth-order valence-electron chi connectivity index (χ4n) is 1.76. The molecule has 0 fully saturated rings. The summed E-state index contributed by atoms with van der Waals surface area (Å²) in [6.45, 7) is 2.96. The number of aryl methyl sites for hydroxylation is 1. The second kappa shape index (κ2) is 4.31. The molecule has 0 aliphatic rings. The van der Waals surface area contributed by atoms with Crippen LogP contribution < -0.4 is 10.5 Å². The fourth-order valence-corrected chi connectivity index (χ4v) is 1.76. The summed E-state index contributed by atoms with van der Waals surface area (Å²) in [7, 11) is 1.67. The lowest BCUT2D eigenvalue weighted by molar-refractivity contribution is 0.415. The van der Waals surface area contributed by atoms with Gasteiger partial charge in [0.15, 0.2) is 0 Å². The Morgan fingerprint density at radius 3 is 2.69 bits per heavy atom. The lowest BCUT2D eigenvalue weighted by Crippen LogP contribution is -1.97. The Balaban J connectivity index is 2.41. The van der Waals surface area contributed by atoms with Gasteiger partial charge in [0.05, 0.1) is 7.11 Å². The average Bonchev–Trinajstić information content (AvgIpc) is 2.71. The molecule has 16 heavy (non-hydrogen) atoms. The number of rotatable bonds is 3. The average molecular weight is 216 g/mol. The molecule has 0 saturated carbocycles. The largest absolute Gasteiger partial charge is 0.497 e. The molecule has 2 aromatic rings. The molecule has 1 aromatic carbocycles. The Labute approximate surface area is 95.5 Å². The number of aromatic nitrogens is 1. The lowest BCUT2D eigenvalue weighted by Gasteiger charge is -2.02. The van der Waals surface area contributed by atoms with E-state index in [1.54, 1.807) is 7.11 Å². The van der Waals surface area contributed by atoms with Crippen LogP contribution in [0.3, 0.4) is 0 Å². The van der Waals surface area contributed by atoms with Crippen molar-refractivity contribution in [2.45, 2.75) is 13.5 Å². The summed E-state index contributed by atoms with van der Waals surface area (Å²) < 4.78 is 7.22. The minimum Gasteiger partial charge on any atom is -0.497 e. The molecule has 0 saturated heterocycles. The molecule has 0 spiro atoms. The van der Waals surface area contributed by atoms with Gasteiger partial charge in [-0.25, -0.2) is 0 Å². The van der Waals surface area contributed by atoms with Crippen molar-refractivity contribution in [3.63, 3.8) is 0 Å². The van der Waals surface area contributed by atoms with Gasteiger partial charge in [-0.3, -0.25) is 0 Å². The first-order chi connectivity index (χ1) is 7.74. The Hall–Kier alpha value is -1.90. The van der Waals surface area contributed by atoms with Crippen LogP contribution in [0.5, 0.6) is 5.75 Å². The monoisotopic (exact) mass is 216 g/mol. The third kappa shape index (κ3) is 1.89. The number of nitrogens with two attached hydrogens (primary N) is 1. The highest BCUT2D eigenvalue weighted by Crippen LogP contribution is 2.26. The van der Waals surface area contributed by atoms with Crippen LogP contribution in [0.25, 0.3) is 11.1 Å². The van der Waals surface area contributed by atoms with E-state index in [-0.39, 0.29) is 0 Å². The maximum atomic E-state index is 5.89. The van der Waals surface area contributed by atoms with Gasteiger partial charge in [0, 0.05) is 18.3 Å². The van der Waals surface area contributed by atoms with Gasteiger partial charge in [0.25, 0.3) is 0 Å². The van der Waals surface area contributed by atoms with Gasteiger partial charge in [0.1, 0.15) is 11.6 Å². The summed E-state index contributed by atoms with van der Waals surface area (Å²) in [5.74, 6) is 1.65. The van der Waals surface area contributed by atoms with Crippen LogP contribution >= 0.6 is 0 Å². The smallest absolute Gasteiger partial charge is 0.119 e. The molecular formula is C13H16N2O. The van der Waals surface area contributed by atoms with E-state index in [0.29, 0.717) is 0 Å². The van der Waals surface area contributed by atoms with Crippen LogP contribution in [-0.4, -0.2) is 11.7 Å². The van der Waals surface area contributed by atoms with E-state index in [1.807, 2.05) is 28.8 Å². The molecule has 2 N–H and O–H groups in total. The number of ether oxygens (including phenoxy) is 1. The van der Waals surface area contributed by atoms with Crippen molar-refractivity contribution in [3.05, 3.63) is 36.5 Å². The molecule has 84 valence electrons. The number of hydrogen-bond donors (Lipinski definition) is 1. The van der Waals surface area contributed by atoms with Crippen molar-refractivity contribution in [2.24, 2.45) is 0 Å². The van der Waals surface area contributed by atoms with Crippen molar-refractivity contribution in [2.75, 3.05) is 12.8 Å². The Bertz CT molecular complexity index is 488. The van der Waals surface area contributed by atoms with E-state index < -0.39 is 0 Å². The Morgan fingerprint density at radius 1 is 1.25 bits per heavy atom. The van der Waals surface area contributed by atoms with E-state index in [9.17, 15) is 0 Å². The first kappa shape index (κ1) is 10.6. The maximum absolute atomic E-state index is 5.89. The van der Waals surface area contributed by atoms with E-state index >= 15 is 0 Å². The summed E-state index contributed by atoms with van der Waals surface area (Å²) in [5, 5.41) is 0. The van der Waals surface area contributed by atoms with Crippen LogP contribution in [-0.2, 0) is 6.54 Å². The molecule has 0 atom stereocenters. The second-order valence-corrected chi connectivity index (χ2v) is 3.67. The predicted octanol–water partition coefficient (Wildman–Crippen LogP) is 2.77. The third-order valence-electron chi connectivity index (χ3n) is 2.67. The van der Waals surface area contributed by atoms with Crippen molar-refractivity contribution >= 4 is 5.82 Å². The normalized spacial score (nSPS) is 10.4. The third-order valence-corrected chi connectivity index (χ3v) is 2.67. The van der Waals surface area contributed by atoms with Gasteiger partial charge in [-0.05, 0) is 30.7 Å². The molecule has 1 heterocycles. The molecular weight excluding hydrogens is 200 g/mol. The molecule has 2 rings (SSSR count). The number of anilines is 1. The Morgan fingerprint density at radius 2 is 2.06 bits per heavy atom. The molecule has 0 radical (unpaired) electrons. The molecule has 0 aliphatic carbocycles. The minimum absolute atomic E-state index is 0.792. The maximum Gasteiger partial charge on any atom is 0.119 e. The number of nitrogen functional groups attached to an aromatic ring is 1. The van der Waals surface area contributed by atoms with Crippen molar-refractivity contribution < 1.29 is 4.74 Å². The summed E-state index contributed by atoms with van der Waals surface area (Å²) in [6.07, 6.45) is 2.06. The Kier molecular flexibility index (Phi) is 2.86. The highest BCUT2D eigenvalue weighted by Gasteiger charge is 2.04. The molecule has 0 bridgehead atoms. The van der Waals surface area contributed by atoms with Crippen LogP contribution in [0.15, 0.2) is 36.5 Å². The van der Waals surface area contributed by atoms with Crippen LogP contribution in [0.4, 0.5) is 5.82 Å². The van der Waals surface area contributed by atoms with Gasteiger partial charge in [0.2, 0.25) is 0 Å². The van der Waals surface area contributed by atoms with E-state index in [1.165, 1.54) is 0 Å². The highest BCUT2D eigenvalue weighted by molar-refractivity contribution is 5.68. The number of nitrogens with zero attached hydrogens (tertiary/aromatic N) is 1. The van der Waals surface area contributed by atoms with E-state index in [4.69, 9.17) is 10.5 Å². The van der Waals surface area contributed by atoms with Gasteiger partial charge in [-0.2, -0.15) is 0 Å². The lowest BCUT2D eigenvalue weighted by atomic mass is 10.1. The van der Waals surface area contributed by atoms with Crippen LogP contribution in [0.2, 0.25) is 0 Å². The van der Waals surface area contributed by atoms with E-state index in [0.717, 1.165) is 29.2 Å². The molecule has 0 aliphatic heterocycles. The quantitative estimate of drug-likeness (QED) is 0.857. The first-order valence-electron chi connectivity index (χ1n) is 5.34. The molecule has 0 unspecified atom stereocenters. The van der Waals surface area contributed by atoms with Crippen molar-refractivity contribution in [1.29, 1.82) is 0 Å². The molecule has 3 nitrogen and oxygen atoms in total. The highest BCUT2D eigenvalue weighted by atomic mass is 16.5.